The molecule has 0 bridgehead atoms. The van der Waals surface area contributed by atoms with Gasteiger partial charge in [-0.1, -0.05) is 23.9 Å². The number of hydrogen-bond acceptors (Lipinski definition) is 4. The molecule has 2 aromatic rings. The third-order valence-corrected chi connectivity index (χ3v) is 4.09. The van der Waals surface area contributed by atoms with Gasteiger partial charge in [0.15, 0.2) is 5.16 Å². The number of halogens is 3. The summed E-state index contributed by atoms with van der Waals surface area (Å²) in [7, 11) is 0. The summed E-state index contributed by atoms with van der Waals surface area (Å²) in [5, 5.41) is 9.67. The van der Waals surface area contributed by atoms with Crippen LogP contribution in [0, 0.1) is 0 Å². The molecule has 0 radical (unpaired) electrons. The third kappa shape index (κ3) is 4.49. The van der Waals surface area contributed by atoms with Crippen molar-refractivity contribution >= 4 is 17.7 Å². The Morgan fingerprint density at radius 2 is 1.96 bits per heavy atom. The molecule has 0 fully saturated rings. The van der Waals surface area contributed by atoms with Gasteiger partial charge in [-0.25, -0.2) is 4.98 Å². The Balaban J connectivity index is 2.09. The van der Waals surface area contributed by atoms with Crippen molar-refractivity contribution in [1.29, 1.82) is 0 Å². The third-order valence-electron chi connectivity index (χ3n) is 3.03. The highest BCUT2D eigenvalue weighted by atomic mass is 32.2. The van der Waals surface area contributed by atoms with Gasteiger partial charge in [0.25, 0.3) is 0 Å². The molecule has 0 aliphatic carbocycles. The Bertz CT molecular complexity index is 684. The Morgan fingerprint density at radius 3 is 2.48 bits per heavy atom. The molecule has 9 heteroatoms. The topological polar surface area (TPSA) is 81.1 Å². The average Bonchev–Trinajstić information content (AvgIpc) is 2.86. The molecule has 0 spiro atoms. The first kappa shape index (κ1) is 17.4. The highest BCUT2D eigenvalue weighted by Gasteiger charge is 2.29. The largest absolute Gasteiger partial charge is 0.416 e. The SMILES string of the molecule is NC(=O)Cn1c(CO)cnc1SCc1ccc(C(F)(F)F)cc1. The first-order chi connectivity index (χ1) is 10.8. The molecule has 1 aromatic carbocycles. The summed E-state index contributed by atoms with van der Waals surface area (Å²) >= 11 is 1.24. The van der Waals surface area contributed by atoms with Crippen LogP contribution in [-0.4, -0.2) is 20.6 Å². The van der Waals surface area contributed by atoms with Crippen LogP contribution in [-0.2, 0) is 29.9 Å². The minimum absolute atomic E-state index is 0.120. The highest BCUT2D eigenvalue weighted by Crippen LogP contribution is 2.30. The molecule has 2 rings (SSSR count). The number of rotatable bonds is 6. The number of aromatic nitrogens is 2. The number of thioether (sulfide) groups is 1. The zero-order valence-electron chi connectivity index (χ0n) is 11.9. The van der Waals surface area contributed by atoms with E-state index < -0.39 is 17.6 Å². The Labute approximate surface area is 134 Å². The van der Waals surface area contributed by atoms with Crippen LogP contribution in [0.5, 0.6) is 0 Å². The van der Waals surface area contributed by atoms with Gasteiger partial charge in [-0.3, -0.25) is 4.79 Å². The van der Waals surface area contributed by atoms with Gasteiger partial charge in [-0.05, 0) is 17.7 Å². The summed E-state index contributed by atoms with van der Waals surface area (Å²) < 4.78 is 39.0. The molecule has 0 saturated carbocycles. The van der Waals surface area contributed by atoms with E-state index in [1.807, 2.05) is 0 Å². The quantitative estimate of drug-likeness (QED) is 0.786. The second kappa shape index (κ2) is 7.05. The lowest BCUT2D eigenvalue weighted by Gasteiger charge is -2.09. The number of benzene rings is 1. The maximum Gasteiger partial charge on any atom is 0.416 e. The zero-order chi connectivity index (χ0) is 17.0. The van der Waals surface area contributed by atoms with Crippen molar-refractivity contribution in [2.45, 2.75) is 30.2 Å². The van der Waals surface area contributed by atoms with E-state index >= 15 is 0 Å². The van der Waals surface area contributed by atoms with E-state index in [-0.39, 0.29) is 13.2 Å². The van der Waals surface area contributed by atoms with Crippen LogP contribution in [0.4, 0.5) is 13.2 Å². The lowest BCUT2D eigenvalue weighted by Crippen LogP contribution is -2.20. The normalized spacial score (nSPS) is 11.7. The summed E-state index contributed by atoms with van der Waals surface area (Å²) in [6, 6.07) is 4.82. The molecular formula is C14H14F3N3O2S. The maximum absolute atomic E-state index is 12.5. The zero-order valence-corrected chi connectivity index (χ0v) is 12.7. The molecule has 0 aliphatic heterocycles. The van der Waals surface area contributed by atoms with Crippen LogP contribution in [0.25, 0.3) is 0 Å². The van der Waals surface area contributed by atoms with Crippen molar-refractivity contribution in [2.75, 3.05) is 0 Å². The van der Waals surface area contributed by atoms with Crippen LogP contribution >= 0.6 is 11.8 Å². The number of hydrogen-bond donors (Lipinski definition) is 2. The number of carbonyl (C=O) groups is 1. The van der Waals surface area contributed by atoms with E-state index in [0.29, 0.717) is 22.2 Å². The van der Waals surface area contributed by atoms with E-state index in [0.717, 1.165) is 12.1 Å². The summed E-state index contributed by atoms with van der Waals surface area (Å²) in [5.74, 6) is -0.201. The fourth-order valence-corrected chi connectivity index (χ4v) is 2.85. The number of primary amides is 1. The molecule has 1 aromatic heterocycles. The van der Waals surface area contributed by atoms with Crippen LogP contribution in [0.1, 0.15) is 16.8 Å². The van der Waals surface area contributed by atoms with Gasteiger partial charge >= 0.3 is 6.18 Å². The molecule has 3 N–H and O–H groups in total. The van der Waals surface area contributed by atoms with Gasteiger partial charge in [0.05, 0.1) is 24.1 Å². The number of aliphatic hydroxyl groups excluding tert-OH is 1. The van der Waals surface area contributed by atoms with E-state index in [9.17, 15) is 23.1 Å². The Hall–Kier alpha value is -2.00. The standard InChI is InChI=1S/C14H14F3N3O2S/c15-14(16,17)10-3-1-9(2-4-10)8-23-13-19-5-11(7-21)20(13)6-12(18)22/h1-5,21H,6-8H2,(H2,18,22). The van der Waals surface area contributed by atoms with Crippen LogP contribution in [0.3, 0.4) is 0 Å². The first-order valence-electron chi connectivity index (χ1n) is 6.53. The second-order valence-corrected chi connectivity index (χ2v) is 5.67. The van der Waals surface area contributed by atoms with E-state index in [2.05, 4.69) is 4.98 Å². The van der Waals surface area contributed by atoms with Crippen molar-refractivity contribution in [2.24, 2.45) is 5.73 Å². The van der Waals surface area contributed by atoms with E-state index in [1.54, 1.807) is 0 Å². The number of aliphatic hydroxyl groups is 1. The van der Waals surface area contributed by atoms with Gasteiger partial charge in [-0.15, -0.1) is 0 Å². The molecule has 5 nitrogen and oxygen atoms in total. The second-order valence-electron chi connectivity index (χ2n) is 4.73. The number of nitrogens with zero attached hydrogens (tertiary/aromatic N) is 2. The minimum Gasteiger partial charge on any atom is -0.390 e. The number of alkyl halides is 3. The summed E-state index contributed by atoms with van der Waals surface area (Å²) in [6.45, 7) is -0.410. The van der Waals surface area contributed by atoms with Gasteiger partial charge in [0.2, 0.25) is 5.91 Å². The maximum atomic E-state index is 12.5. The highest BCUT2D eigenvalue weighted by molar-refractivity contribution is 7.98. The first-order valence-corrected chi connectivity index (χ1v) is 7.52. The number of amides is 1. The summed E-state index contributed by atoms with van der Waals surface area (Å²) in [5.41, 5.74) is 5.58. The minimum atomic E-state index is -4.36. The van der Waals surface area contributed by atoms with Gasteiger partial charge in [0.1, 0.15) is 6.54 Å². The lowest BCUT2D eigenvalue weighted by molar-refractivity contribution is -0.137. The molecule has 1 heterocycles. The predicted octanol–water partition coefficient (Wildman–Crippen LogP) is 2.17. The van der Waals surface area contributed by atoms with Crippen LogP contribution in [0.2, 0.25) is 0 Å². The monoisotopic (exact) mass is 345 g/mol. The van der Waals surface area contributed by atoms with Gasteiger partial charge in [-0.2, -0.15) is 13.2 Å². The number of nitrogens with two attached hydrogens (primary N) is 1. The van der Waals surface area contributed by atoms with Crippen molar-refractivity contribution < 1.29 is 23.1 Å². The molecule has 124 valence electrons. The van der Waals surface area contributed by atoms with Gasteiger partial charge < -0.3 is 15.4 Å². The molecule has 1 amide bonds. The fraction of sp³-hybridized carbons (Fsp3) is 0.286. The van der Waals surface area contributed by atoms with E-state index in [1.165, 1.54) is 34.7 Å². The molecule has 23 heavy (non-hydrogen) atoms. The van der Waals surface area contributed by atoms with Crippen LogP contribution < -0.4 is 5.73 Å². The lowest BCUT2D eigenvalue weighted by atomic mass is 10.1. The molecular weight excluding hydrogens is 331 g/mol. The summed E-state index contributed by atoms with van der Waals surface area (Å²) in [6.07, 6.45) is -2.93. The van der Waals surface area contributed by atoms with Crippen molar-refractivity contribution in [3.05, 3.63) is 47.3 Å². The number of carbonyl (C=O) groups excluding carboxylic acids is 1. The van der Waals surface area contributed by atoms with Crippen molar-refractivity contribution in [3.8, 4) is 0 Å². The fourth-order valence-electron chi connectivity index (χ4n) is 1.90. The smallest absolute Gasteiger partial charge is 0.390 e. The average molecular weight is 345 g/mol. The van der Waals surface area contributed by atoms with E-state index in [4.69, 9.17) is 5.73 Å². The Kier molecular flexibility index (Phi) is 5.32. The number of imidazole rings is 1. The van der Waals surface area contributed by atoms with Crippen LogP contribution in [0.15, 0.2) is 35.6 Å². The summed E-state index contributed by atoms with van der Waals surface area (Å²) in [4.78, 5) is 15.2. The van der Waals surface area contributed by atoms with Crippen molar-refractivity contribution in [3.63, 3.8) is 0 Å². The predicted molar refractivity (Wildman–Crippen MR) is 78.3 cm³/mol. The van der Waals surface area contributed by atoms with Crippen molar-refractivity contribution in [1.82, 2.24) is 9.55 Å². The molecule has 0 atom stereocenters. The van der Waals surface area contributed by atoms with Gasteiger partial charge in [0, 0.05) is 5.75 Å². The Morgan fingerprint density at radius 1 is 1.30 bits per heavy atom. The molecule has 0 aliphatic rings. The molecule has 0 unspecified atom stereocenters. The molecule has 0 saturated heterocycles.